The van der Waals surface area contributed by atoms with Gasteiger partial charge in [-0.3, -0.25) is 9.09 Å². The molecular weight excluding hydrogens is 489 g/mol. The largest absolute Gasteiger partial charge is 0.490 e. The van der Waals surface area contributed by atoms with Gasteiger partial charge in [0.25, 0.3) is 0 Å². The van der Waals surface area contributed by atoms with Gasteiger partial charge in [-0.1, -0.05) is 0 Å². The lowest BCUT2D eigenvalue weighted by Crippen LogP contribution is -2.33. The van der Waals surface area contributed by atoms with Crippen LogP contribution in [-0.4, -0.2) is 74.2 Å². The van der Waals surface area contributed by atoms with Crippen molar-refractivity contribution in [2.75, 3.05) is 6.61 Å². The van der Waals surface area contributed by atoms with Crippen molar-refractivity contribution >= 4 is 34.6 Å². The third-order valence-corrected chi connectivity index (χ3v) is 7.77. The molecule has 17 nitrogen and oxygen atoms in total. The third kappa shape index (κ3) is 5.80. The Hall–Kier alpha value is -1.16. The minimum atomic E-state index is -5.69. The molecule has 0 radical (unpaired) electrons. The highest BCUT2D eigenvalue weighted by molar-refractivity contribution is 7.66. The number of phosphoric ester groups is 1. The van der Waals surface area contributed by atoms with Gasteiger partial charge < -0.3 is 34.5 Å². The van der Waals surface area contributed by atoms with Crippen molar-refractivity contribution in [2.24, 2.45) is 0 Å². The van der Waals surface area contributed by atoms with Crippen LogP contribution in [0.1, 0.15) is 11.9 Å². The van der Waals surface area contributed by atoms with Crippen molar-refractivity contribution in [2.45, 2.75) is 31.5 Å². The molecule has 0 spiro atoms. The monoisotopic (exact) mass is 506 g/mol. The van der Waals surface area contributed by atoms with Crippen molar-refractivity contribution in [1.29, 1.82) is 0 Å². The number of aryl methyl sites for hydroxylation is 1. The van der Waals surface area contributed by atoms with Gasteiger partial charge in [0, 0.05) is 0 Å². The van der Waals surface area contributed by atoms with E-state index in [4.69, 9.17) is 19.4 Å². The Labute approximate surface area is 172 Å². The van der Waals surface area contributed by atoms with Crippen LogP contribution in [-0.2, 0) is 31.6 Å². The van der Waals surface area contributed by atoms with Gasteiger partial charge in [0.05, 0.1) is 18.6 Å². The predicted molar refractivity (Wildman–Crippen MR) is 95.8 cm³/mol. The maximum Gasteiger partial charge on any atom is 0.490 e. The molecule has 0 aromatic carbocycles. The standard InChI is InChI=1S/C11H17N4O13P3/c1-5-7-10(13-3-12-5)15(4-14-7)11-9(17)8(16)6(26-11)2-25-30(21,22)28-31(23,24)27-29(18,19)20/h3-4,6,8-9,11,16-17H,2H2,1H3,(H,21,22)(H,23,24)(H2,18,19,20)/t6-,8-,9-,11-/m1/s1. The highest BCUT2D eigenvalue weighted by atomic mass is 31.3. The van der Waals surface area contributed by atoms with Crippen molar-refractivity contribution in [1.82, 2.24) is 19.5 Å². The lowest BCUT2D eigenvalue weighted by Gasteiger charge is -2.19. The van der Waals surface area contributed by atoms with E-state index in [-0.39, 0.29) is 5.65 Å². The first-order chi connectivity index (χ1) is 14.2. The molecule has 0 amide bonds. The van der Waals surface area contributed by atoms with Gasteiger partial charge in [-0.05, 0) is 6.92 Å². The molecule has 6 atom stereocenters. The van der Waals surface area contributed by atoms with Gasteiger partial charge in [0.15, 0.2) is 11.9 Å². The van der Waals surface area contributed by atoms with Crippen LogP contribution in [0.3, 0.4) is 0 Å². The van der Waals surface area contributed by atoms with E-state index in [1.807, 2.05) is 0 Å². The summed E-state index contributed by atoms with van der Waals surface area (Å²) in [5.41, 5.74) is 1.22. The number of aromatic nitrogens is 4. The highest BCUT2D eigenvalue weighted by Crippen LogP contribution is 2.66. The van der Waals surface area contributed by atoms with E-state index in [0.29, 0.717) is 11.2 Å². The molecular formula is C11H17N4O13P3. The Morgan fingerprint density at radius 3 is 2.35 bits per heavy atom. The maximum absolute atomic E-state index is 11.8. The smallest absolute Gasteiger partial charge is 0.387 e. The number of ether oxygens (including phenoxy) is 1. The summed E-state index contributed by atoms with van der Waals surface area (Å²) in [5, 5.41) is 20.5. The van der Waals surface area contributed by atoms with Gasteiger partial charge >= 0.3 is 23.5 Å². The van der Waals surface area contributed by atoms with E-state index in [1.54, 1.807) is 6.92 Å². The second kappa shape index (κ2) is 8.65. The van der Waals surface area contributed by atoms with E-state index in [2.05, 4.69) is 28.1 Å². The van der Waals surface area contributed by atoms with Crippen molar-refractivity contribution in [3.63, 3.8) is 0 Å². The fourth-order valence-electron chi connectivity index (χ4n) is 2.72. The average molecular weight is 506 g/mol. The fraction of sp³-hybridized carbons (Fsp3) is 0.545. The SMILES string of the molecule is Cc1ncnc2c1ncn2[C@@H]1O[C@H](COP(=O)(O)OP(=O)(O)OP(=O)(O)O)[C@@H](O)[C@H]1O. The number of imidazole rings is 1. The summed E-state index contributed by atoms with van der Waals surface area (Å²) in [4.78, 5) is 47.7. The van der Waals surface area contributed by atoms with Crippen LogP contribution in [0.25, 0.3) is 11.2 Å². The molecule has 2 aromatic rings. The van der Waals surface area contributed by atoms with E-state index >= 15 is 0 Å². The highest BCUT2D eigenvalue weighted by Gasteiger charge is 2.46. The zero-order valence-electron chi connectivity index (χ0n) is 15.3. The number of aliphatic hydroxyl groups is 2. The summed E-state index contributed by atoms with van der Waals surface area (Å²) >= 11 is 0. The van der Waals surface area contributed by atoms with E-state index in [1.165, 1.54) is 17.2 Å². The third-order valence-electron chi connectivity index (χ3n) is 3.97. The van der Waals surface area contributed by atoms with Gasteiger partial charge in [-0.25, -0.2) is 28.6 Å². The number of fused-ring (bicyclic) bond motifs is 1. The minimum Gasteiger partial charge on any atom is -0.387 e. The van der Waals surface area contributed by atoms with Crippen molar-refractivity contribution in [3.05, 3.63) is 18.3 Å². The van der Waals surface area contributed by atoms with Crippen LogP contribution in [0.2, 0.25) is 0 Å². The van der Waals surface area contributed by atoms with Gasteiger partial charge in [0.2, 0.25) is 0 Å². The summed E-state index contributed by atoms with van der Waals surface area (Å²) in [6, 6.07) is 0. The molecule has 0 bridgehead atoms. The molecule has 1 aliphatic heterocycles. The molecule has 2 aromatic heterocycles. The maximum atomic E-state index is 11.8. The van der Waals surface area contributed by atoms with E-state index in [0.717, 1.165) is 0 Å². The number of phosphoric acid groups is 3. The van der Waals surface area contributed by atoms with Crippen LogP contribution in [0.5, 0.6) is 0 Å². The Balaban J connectivity index is 1.69. The minimum absolute atomic E-state index is 0.275. The normalized spacial score (nSPS) is 28.5. The Morgan fingerprint density at radius 1 is 1.03 bits per heavy atom. The molecule has 3 rings (SSSR count). The van der Waals surface area contributed by atoms with Crippen molar-refractivity contribution < 1.29 is 61.4 Å². The molecule has 0 saturated carbocycles. The second-order valence-corrected chi connectivity index (χ2v) is 10.6. The summed E-state index contributed by atoms with van der Waals surface area (Å²) in [5.74, 6) is 0. The molecule has 1 fully saturated rings. The van der Waals surface area contributed by atoms with Crippen LogP contribution < -0.4 is 0 Å². The Morgan fingerprint density at radius 2 is 1.71 bits per heavy atom. The number of rotatable bonds is 8. The second-order valence-electron chi connectivity index (χ2n) is 6.22. The van der Waals surface area contributed by atoms with E-state index < -0.39 is 54.6 Å². The summed E-state index contributed by atoms with van der Waals surface area (Å²) in [6.45, 7) is 0.743. The van der Waals surface area contributed by atoms with Crippen molar-refractivity contribution in [3.8, 4) is 0 Å². The average Bonchev–Trinajstić information content (AvgIpc) is 3.13. The molecule has 6 N–H and O–H groups in total. The Kier molecular flexibility index (Phi) is 6.83. The predicted octanol–water partition coefficient (Wildman–Crippen LogP) is -0.903. The first-order valence-electron chi connectivity index (χ1n) is 8.13. The zero-order valence-corrected chi connectivity index (χ0v) is 18.0. The topological polar surface area (TPSA) is 253 Å². The molecule has 20 heteroatoms. The van der Waals surface area contributed by atoms with E-state index in [9.17, 15) is 28.8 Å². The summed E-state index contributed by atoms with van der Waals surface area (Å²) in [6.07, 6.45) is -3.33. The first-order valence-corrected chi connectivity index (χ1v) is 12.7. The molecule has 31 heavy (non-hydrogen) atoms. The lowest BCUT2D eigenvalue weighted by molar-refractivity contribution is -0.0503. The number of hydrogen-bond acceptors (Lipinski definition) is 12. The zero-order chi connectivity index (χ0) is 23.2. The molecule has 2 unspecified atom stereocenters. The number of nitrogens with zero attached hydrogens (tertiary/aromatic N) is 4. The van der Waals surface area contributed by atoms with Crippen LogP contribution in [0.4, 0.5) is 0 Å². The first kappa shape index (κ1) is 24.5. The fourth-order valence-corrected chi connectivity index (χ4v) is 5.75. The molecule has 1 saturated heterocycles. The summed E-state index contributed by atoms with van der Waals surface area (Å²) < 4.78 is 52.1. The quantitative estimate of drug-likeness (QED) is 0.237. The molecule has 1 aliphatic rings. The van der Waals surface area contributed by atoms with Crippen LogP contribution in [0, 0.1) is 6.92 Å². The lowest BCUT2D eigenvalue weighted by atomic mass is 10.1. The number of hydrogen-bond donors (Lipinski definition) is 6. The van der Waals surface area contributed by atoms with Crippen LogP contribution in [0.15, 0.2) is 12.7 Å². The van der Waals surface area contributed by atoms with Gasteiger partial charge in [0.1, 0.15) is 30.2 Å². The molecule has 3 heterocycles. The van der Waals surface area contributed by atoms with Crippen LogP contribution >= 0.6 is 23.5 Å². The molecule has 0 aliphatic carbocycles. The van der Waals surface area contributed by atoms with Gasteiger partial charge in [-0.2, -0.15) is 8.62 Å². The van der Waals surface area contributed by atoms with Gasteiger partial charge in [-0.15, -0.1) is 0 Å². The summed E-state index contributed by atoms with van der Waals surface area (Å²) in [7, 11) is -16.6. The Bertz CT molecular complexity index is 1100. The number of aliphatic hydroxyl groups excluding tert-OH is 2. The molecule has 174 valence electrons.